The van der Waals surface area contributed by atoms with Crippen LogP contribution < -0.4 is 14.9 Å². The number of amides is 2. The third-order valence-electron chi connectivity index (χ3n) is 3.90. The van der Waals surface area contributed by atoms with Crippen LogP contribution in [0.1, 0.15) is 34.6 Å². The van der Waals surface area contributed by atoms with Crippen LogP contribution in [0.4, 0.5) is 11.4 Å². The molecule has 0 unspecified atom stereocenters. The Bertz CT molecular complexity index is 1010. The fraction of sp³-hybridized carbons (Fsp3) is 0.263. The van der Waals surface area contributed by atoms with Gasteiger partial charge in [0.05, 0.1) is 33.8 Å². The Balaban J connectivity index is 2.35. The summed E-state index contributed by atoms with van der Waals surface area (Å²) in [7, 11) is -2.11. The molecule has 150 valence electrons. The lowest BCUT2D eigenvalue weighted by Gasteiger charge is -2.18. The molecule has 0 aromatic heterocycles. The Kier molecular flexibility index (Phi) is 6.69. The van der Waals surface area contributed by atoms with Gasteiger partial charge in [-0.05, 0) is 44.2 Å². The maximum Gasteiger partial charge on any atom is 0.257 e. The molecule has 2 amide bonds. The van der Waals surface area contributed by atoms with E-state index in [9.17, 15) is 18.0 Å². The van der Waals surface area contributed by atoms with Gasteiger partial charge in [0, 0.05) is 13.1 Å². The summed E-state index contributed by atoms with van der Waals surface area (Å²) >= 11 is 6.14. The van der Waals surface area contributed by atoms with E-state index in [0.717, 1.165) is 10.6 Å². The van der Waals surface area contributed by atoms with Gasteiger partial charge in [0.15, 0.2) is 0 Å². The van der Waals surface area contributed by atoms with E-state index in [1.807, 2.05) is 13.8 Å². The lowest BCUT2D eigenvalue weighted by atomic mass is 10.1. The third kappa shape index (κ3) is 5.24. The van der Waals surface area contributed by atoms with Gasteiger partial charge >= 0.3 is 0 Å². The van der Waals surface area contributed by atoms with Gasteiger partial charge in [-0.15, -0.1) is 0 Å². The Morgan fingerprint density at radius 1 is 1.04 bits per heavy atom. The average Bonchev–Trinajstić information content (AvgIpc) is 2.60. The molecule has 2 aromatic carbocycles. The molecule has 7 nitrogen and oxygen atoms in total. The Morgan fingerprint density at radius 3 is 2.29 bits per heavy atom. The van der Waals surface area contributed by atoms with Crippen LogP contribution in [0.15, 0.2) is 42.5 Å². The van der Waals surface area contributed by atoms with Crippen molar-refractivity contribution in [2.75, 3.05) is 22.9 Å². The number of benzene rings is 2. The van der Waals surface area contributed by atoms with E-state index >= 15 is 0 Å². The first-order chi connectivity index (χ1) is 13.0. The van der Waals surface area contributed by atoms with Crippen molar-refractivity contribution in [1.82, 2.24) is 5.32 Å². The fourth-order valence-electron chi connectivity index (χ4n) is 2.39. The lowest BCUT2D eigenvalue weighted by molar-refractivity contribution is 0.0944. The molecule has 0 bridgehead atoms. The van der Waals surface area contributed by atoms with Gasteiger partial charge in [0.1, 0.15) is 0 Å². The zero-order valence-electron chi connectivity index (χ0n) is 16.0. The highest BCUT2D eigenvalue weighted by Gasteiger charge is 2.19. The standard InChI is InChI=1S/C19H22ClN3O4S/c1-12(2)21-18(24)14-7-5-6-8-17(14)22-19(25)15-11-13(9-10-16(15)20)23(3)28(4,26)27/h5-12H,1-4H3,(H,21,24)(H,22,25). The summed E-state index contributed by atoms with van der Waals surface area (Å²) in [5, 5.41) is 5.61. The maximum absolute atomic E-state index is 12.8. The highest BCUT2D eigenvalue weighted by atomic mass is 35.5. The van der Waals surface area contributed by atoms with Crippen LogP contribution in [0.2, 0.25) is 5.02 Å². The number of hydrogen-bond acceptors (Lipinski definition) is 4. The van der Waals surface area contributed by atoms with Crippen LogP contribution in [0.25, 0.3) is 0 Å². The summed E-state index contributed by atoms with van der Waals surface area (Å²) in [6, 6.07) is 10.9. The van der Waals surface area contributed by atoms with E-state index < -0.39 is 15.9 Å². The van der Waals surface area contributed by atoms with Gasteiger partial charge in [0.25, 0.3) is 11.8 Å². The van der Waals surface area contributed by atoms with Crippen molar-refractivity contribution in [3.05, 3.63) is 58.6 Å². The topological polar surface area (TPSA) is 95.6 Å². The number of hydrogen-bond donors (Lipinski definition) is 2. The Labute approximate surface area is 169 Å². The molecule has 0 atom stereocenters. The molecule has 0 aliphatic carbocycles. The van der Waals surface area contributed by atoms with Gasteiger partial charge in [0.2, 0.25) is 10.0 Å². The predicted octanol–water partition coefficient (Wildman–Crippen LogP) is 3.13. The average molecular weight is 424 g/mol. The number of carbonyl (C=O) groups excluding carboxylic acids is 2. The number of rotatable bonds is 6. The molecule has 0 radical (unpaired) electrons. The predicted molar refractivity (Wildman–Crippen MR) is 112 cm³/mol. The molecule has 2 rings (SSSR count). The van der Waals surface area contributed by atoms with E-state index in [1.54, 1.807) is 24.3 Å². The molecule has 0 aliphatic heterocycles. The molecule has 0 spiro atoms. The molecular weight excluding hydrogens is 402 g/mol. The number of nitrogens with zero attached hydrogens (tertiary/aromatic N) is 1. The Hall–Kier alpha value is -2.58. The lowest BCUT2D eigenvalue weighted by Crippen LogP contribution is -2.31. The van der Waals surface area contributed by atoms with Crippen LogP contribution in [0.3, 0.4) is 0 Å². The largest absolute Gasteiger partial charge is 0.350 e. The van der Waals surface area contributed by atoms with Crippen molar-refractivity contribution >= 4 is 44.8 Å². The number of carbonyl (C=O) groups is 2. The van der Waals surface area contributed by atoms with Crippen molar-refractivity contribution in [2.24, 2.45) is 0 Å². The van der Waals surface area contributed by atoms with E-state index in [4.69, 9.17) is 11.6 Å². The first-order valence-corrected chi connectivity index (χ1v) is 10.7. The minimum Gasteiger partial charge on any atom is -0.350 e. The van der Waals surface area contributed by atoms with Crippen molar-refractivity contribution in [1.29, 1.82) is 0 Å². The monoisotopic (exact) mass is 423 g/mol. The highest BCUT2D eigenvalue weighted by molar-refractivity contribution is 7.92. The SMILES string of the molecule is CC(C)NC(=O)c1ccccc1NC(=O)c1cc(N(C)S(C)(=O)=O)ccc1Cl. The summed E-state index contributed by atoms with van der Waals surface area (Å²) in [6.45, 7) is 3.67. The number of halogens is 1. The first-order valence-electron chi connectivity index (χ1n) is 8.45. The molecule has 0 heterocycles. The third-order valence-corrected chi connectivity index (χ3v) is 5.43. The van der Waals surface area contributed by atoms with Crippen molar-refractivity contribution in [3.63, 3.8) is 0 Å². The van der Waals surface area contributed by atoms with E-state index in [0.29, 0.717) is 16.9 Å². The fourth-order valence-corrected chi connectivity index (χ4v) is 3.09. The van der Waals surface area contributed by atoms with Gasteiger partial charge in [-0.1, -0.05) is 23.7 Å². The van der Waals surface area contributed by atoms with E-state index in [2.05, 4.69) is 10.6 Å². The minimum atomic E-state index is -3.49. The number of sulfonamides is 1. The molecule has 0 aliphatic rings. The smallest absolute Gasteiger partial charge is 0.257 e. The van der Waals surface area contributed by atoms with Crippen molar-refractivity contribution in [3.8, 4) is 0 Å². The van der Waals surface area contributed by atoms with E-state index in [1.165, 1.54) is 25.2 Å². The van der Waals surface area contributed by atoms with Gasteiger partial charge in [-0.25, -0.2) is 8.42 Å². The normalized spacial score (nSPS) is 11.2. The van der Waals surface area contributed by atoms with Crippen LogP contribution in [-0.4, -0.2) is 39.6 Å². The second-order valence-electron chi connectivity index (χ2n) is 6.52. The molecule has 2 N–H and O–H groups in total. The second kappa shape index (κ2) is 8.62. The molecule has 2 aromatic rings. The molecule has 9 heteroatoms. The maximum atomic E-state index is 12.8. The van der Waals surface area contributed by atoms with Gasteiger partial charge < -0.3 is 10.6 Å². The van der Waals surface area contributed by atoms with Gasteiger partial charge in [-0.3, -0.25) is 13.9 Å². The molecule has 28 heavy (non-hydrogen) atoms. The van der Waals surface area contributed by atoms with Crippen molar-refractivity contribution < 1.29 is 18.0 Å². The van der Waals surface area contributed by atoms with Crippen LogP contribution >= 0.6 is 11.6 Å². The molecule has 0 saturated heterocycles. The van der Waals surface area contributed by atoms with E-state index in [-0.39, 0.29) is 22.5 Å². The second-order valence-corrected chi connectivity index (χ2v) is 8.94. The Morgan fingerprint density at radius 2 is 1.68 bits per heavy atom. The zero-order chi connectivity index (χ0) is 21.1. The highest BCUT2D eigenvalue weighted by Crippen LogP contribution is 2.25. The summed E-state index contributed by atoms with van der Waals surface area (Å²) in [5.74, 6) is -0.874. The minimum absolute atomic E-state index is 0.0612. The zero-order valence-corrected chi connectivity index (χ0v) is 17.6. The molecular formula is C19H22ClN3O4S. The summed E-state index contributed by atoms with van der Waals surface area (Å²) in [5.41, 5.74) is 1.02. The number of anilines is 2. The first kappa shape index (κ1) is 21.7. The van der Waals surface area contributed by atoms with Crippen LogP contribution in [0, 0.1) is 0 Å². The van der Waals surface area contributed by atoms with Crippen LogP contribution in [0.5, 0.6) is 0 Å². The number of para-hydroxylation sites is 1. The number of nitrogens with one attached hydrogen (secondary N) is 2. The summed E-state index contributed by atoms with van der Waals surface area (Å²) in [4.78, 5) is 25.1. The van der Waals surface area contributed by atoms with Gasteiger partial charge in [-0.2, -0.15) is 0 Å². The molecule has 0 saturated carbocycles. The molecule has 0 fully saturated rings. The van der Waals surface area contributed by atoms with Crippen LogP contribution in [-0.2, 0) is 10.0 Å². The van der Waals surface area contributed by atoms with Crippen molar-refractivity contribution in [2.45, 2.75) is 19.9 Å². The summed E-state index contributed by atoms with van der Waals surface area (Å²) < 4.78 is 24.5. The summed E-state index contributed by atoms with van der Waals surface area (Å²) in [6.07, 6.45) is 1.06. The quantitative estimate of drug-likeness (QED) is 0.746.